The van der Waals surface area contributed by atoms with E-state index in [1.54, 1.807) is 0 Å². The van der Waals surface area contributed by atoms with Crippen LogP contribution in [0, 0.1) is 0 Å². The molecule has 0 unspecified atom stereocenters. The van der Waals surface area contributed by atoms with Crippen molar-refractivity contribution < 1.29 is 24.3 Å². The summed E-state index contributed by atoms with van der Waals surface area (Å²) in [5.41, 5.74) is 0. The number of amides is 3. The molecule has 2 aliphatic rings. The van der Waals surface area contributed by atoms with E-state index in [0.29, 0.717) is 11.6 Å². The quantitative estimate of drug-likeness (QED) is 0.464. The van der Waals surface area contributed by atoms with Crippen LogP contribution in [0.2, 0.25) is 0 Å². The molecule has 118 valence electrons. The molecule has 0 aromatic rings. The minimum Gasteiger partial charge on any atom is -0.480 e. The minimum atomic E-state index is -1.16. The van der Waals surface area contributed by atoms with Crippen LogP contribution in [0.1, 0.15) is 6.42 Å². The number of carboxylic acids is 1. The van der Waals surface area contributed by atoms with Gasteiger partial charge >= 0.3 is 5.97 Å². The zero-order chi connectivity index (χ0) is 16.1. The number of carbonyl (C=O) groups is 4. The molecule has 1 atom stereocenters. The Balaban J connectivity index is 1.86. The molecule has 2 fully saturated rings. The number of carbonyl (C=O) groups excluding carboxylic acids is 3. The van der Waals surface area contributed by atoms with Crippen LogP contribution in [0.5, 0.6) is 0 Å². The van der Waals surface area contributed by atoms with Gasteiger partial charge in [-0.2, -0.15) is 0 Å². The Hall–Kier alpha value is -2.08. The van der Waals surface area contributed by atoms with Gasteiger partial charge in [0.05, 0.1) is 5.75 Å². The summed E-state index contributed by atoms with van der Waals surface area (Å²) in [4.78, 5) is 44.4. The Labute approximate surface area is 132 Å². The van der Waals surface area contributed by atoms with Gasteiger partial charge in [-0.05, 0) is 0 Å². The molecule has 0 saturated carbocycles. The van der Waals surface area contributed by atoms with E-state index in [1.165, 1.54) is 0 Å². The lowest BCUT2D eigenvalue weighted by Gasteiger charge is -2.04. The van der Waals surface area contributed by atoms with E-state index in [0.717, 1.165) is 23.5 Å². The summed E-state index contributed by atoms with van der Waals surface area (Å²) in [6.45, 7) is -0.496. The smallest absolute Gasteiger partial charge is 0.322 e. The fourth-order valence-electron chi connectivity index (χ4n) is 1.48. The van der Waals surface area contributed by atoms with Crippen molar-refractivity contribution in [2.75, 3.05) is 12.3 Å². The number of carboxylic acid groups (broad SMARTS) is 1. The maximum Gasteiger partial charge on any atom is 0.322 e. The normalized spacial score (nSPS) is 24.5. The highest BCUT2D eigenvalue weighted by Crippen LogP contribution is 2.22. The van der Waals surface area contributed by atoms with Crippen LogP contribution in [0.4, 0.5) is 4.79 Å². The van der Waals surface area contributed by atoms with E-state index >= 15 is 0 Å². The third kappa shape index (κ3) is 4.73. The maximum atomic E-state index is 11.7. The van der Waals surface area contributed by atoms with E-state index < -0.39 is 29.6 Å². The van der Waals surface area contributed by atoms with Crippen LogP contribution in [0.15, 0.2) is 10.2 Å². The maximum absolute atomic E-state index is 11.7. The van der Waals surface area contributed by atoms with E-state index in [9.17, 15) is 19.2 Å². The van der Waals surface area contributed by atoms with Gasteiger partial charge in [0.15, 0.2) is 5.17 Å². The lowest BCUT2D eigenvalue weighted by atomic mass is 10.2. The largest absolute Gasteiger partial charge is 0.480 e. The molecule has 2 rings (SSSR count). The number of amidine groups is 2. The van der Waals surface area contributed by atoms with Gasteiger partial charge in [-0.15, -0.1) is 10.2 Å². The lowest BCUT2D eigenvalue weighted by Crippen LogP contribution is -2.33. The highest BCUT2D eigenvalue weighted by atomic mass is 32.2. The number of hydrogen-bond acceptors (Lipinski definition) is 8. The van der Waals surface area contributed by atoms with Crippen molar-refractivity contribution in [2.45, 2.75) is 11.7 Å². The topological polar surface area (TPSA) is 149 Å². The van der Waals surface area contributed by atoms with Gasteiger partial charge in [-0.25, -0.2) is 0 Å². The zero-order valence-corrected chi connectivity index (χ0v) is 12.6. The predicted octanol–water partition coefficient (Wildman–Crippen LogP) is -1.07. The summed E-state index contributed by atoms with van der Waals surface area (Å²) >= 11 is 2.08. The molecule has 0 radical (unpaired) electrons. The van der Waals surface area contributed by atoms with Gasteiger partial charge in [0.25, 0.3) is 5.24 Å². The van der Waals surface area contributed by atoms with E-state index in [4.69, 9.17) is 5.11 Å². The van der Waals surface area contributed by atoms with Gasteiger partial charge in [0.1, 0.15) is 17.6 Å². The van der Waals surface area contributed by atoms with Gasteiger partial charge in [0.2, 0.25) is 11.8 Å². The first-order chi connectivity index (χ1) is 10.4. The van der Waals surface area contributed by atoms with Crippen LogP contribution in [-0.2, 0) is 14.4 Å². The third-order valence-corrected chi connectivity index (χ3v) is 4.29. The summed E-state index contributed by atoms with van der Waals surface area (Å²) in [6, 6.07) is 0. The fourth-order valence-corrected chi connectivity index (χ4v) is 2.99. The molecule has 0 aliphatic carbocycles. The second-order valence-electron chi connectivity index (χ2n) is 4.12. The average Bonchev–Trinajstić information content (AvgIpc) is 3.01. The highest BCUT2D eigenvalue weighted by molar-refractivity contribution is 8.15. The predicted molar refractivity (Wildman–Crippen MR) is 80.6 cm³/mol. The van der Waals surface area contributed by atoms with Crippen molar-refractivity contribution in [3.63, 3.8) is 0 Å². The van der Waals surface area contributed by atoms with Crippen molar-refractivity contribution in [3.05, 3.63) is 0 Å². The van der Waals surface area contributed by atoms with Gasteiger partial charge < -0.3 is 21.1 Å². The van der Waals surface area contributed by atoms with Crippen molar-refractivity contribution >= 4 is 57.5 Å². The Bertz CT molecular complexity index is 590. The second kappa shape index (κ2) is 7.26. The molecular formula is C10H11N5O5S2. The number of nitrogens with one attached hydrogen (secondary N) is 3. The zero-order valence-electron chi connectivity index (χ0n) is 11.0. The number of nitrogens with zero attached hydrogens (tertiary/aromatic N) is 2. The summed E-state index contributed by atoms with van der Waals surface area (Å²) in [7, 11) is 0. The molecule has 22 heavy (non-hydrogen) atoms. The van der Waals surface area contributed by atoms with Crippen molar-refractivity contribution in [3.8, 4) is 0 Å². The Kier molecular flexibility index (Phi) is 5.38. The van der Waals surface area contributed by atoms with Crippen LogP contribution >= 0.6 is 23.5 Å². The summed E-state index contributed by atoms with van der Waals surface area (Å²) in [5, 5.41) is 22.5. The monoisotopic (exact) mass is 345 g/mol. The SMILES string of the molecule is O=C(O)CNC(=O)C[C@H]1S/C(=N\N=C2/CSC(=O)N2)NC1=O. The average molecular weight is 345 g/mol. The van der Waals surface area contributed by atoms with Crippen LogP contribution in [0.3, 0.4) is 0 Å². The van der Waals surface area contributed by atoms with E-state index in [-0.39, 0.29) is 16.8 Å². The third-order valence-electron chi connectivity index (χ3n) is 2.43. The number of thioether (sulfide) groups is 2. The van der Waals surface area contributed by atoms with Crippen molar-refractivity contribution in [1.29, 1.82) is 0 Å². The van der Waals surface area contributed by atoms with E-state index in [1.807, 2.05) is 0 Å². The van der Waals surface area contributed by atoms with Crippen molar-refractivity contribution in [2.24, 2.45) is 10.2 Å². The molecule has 10 nitrogen and oxygen atoms in total. The Morgan fingerprint density at radius 2 is 2.09 bits per heavy atom. The first-order valence-corrected chi connectivity index (χ1v) is 7.85. The van der Waals surface area contributed by atoms with Crippen LogP contribution < -0.4 is 16.0 Å². The number of rotatable bonds is 5. The Morgan fingerprint density at radius 1 is 1.32 bits per heavy atom. The second-order valence-corrected chi connectivity index (χ2v) is 6.26. The first kappa shape index (κ1) is 16.3. The lowest BCUT2D eigenvalue weighted by molar-refractivity contribution is -0.137. The molecule has 12 heteroatoms. The summed E-state index contributed by atoms with van der Waals surface area (Å²) in [6.07, 6.45) is -0.161. The Morgan fingerprint density at radius 3 is 2.73 bits per heavy atom. The molecule has 2 saturated heterocycles. The molecular weight excluding hydrogens is 334 g/mol. The van der Waals surface area contributed by atoms with Gasteiger partial charge in [0, 0.05) is 6.42 Å². The van der Waals surface area contributed by atoms with Crippen LogP contribution in [0.25, 0.3) is 0 Å². The highest BCUT2D eigenvalue weighted by Gasteiger charge is 2.32. The van der Waals surface area contributed by atoms with Gasteiger partial charge in [-0.1, -0.05) is 23.5 Å². The molecule has 2 aliphatic heterocycles. The number of aliphatic carboxylic acids is 1. The van der Waals surface area contributed by atoms with Crippen molar-refractivity contribution in [1.82, 2.24) is 16.0 Å². The molecule has 0 aromatic carbocycles. The minimum absolute atomic E-state index is 0.161. The molecule has 0 aromatic heterocycles. The number of hydrogen-bond donors (Lipinski definition) is 4. The molecule has 3 amide bonds. The molecule has 4 N–H and O–H groups in total. The molecule has 0 bridgehead atoms. The standard InChI is InChI=1S/C10H11N5O5S2/c16-6(11-2-7(17)18)1-4-8(19)13-9(22-4)15-14-5-3-21-10(20)12-5/h4H,1-3H2,(H,11,16)(H,17,18)(H,12,14,20)(H,13,15,19)/t4-/m1/s1. The fraction of sp³-hybridized carbons (Fsp3) is 0.400. The summed E-state index contributed by atoms with van der Waals surface area (Å²) < 4.78 is 0. The first-order valence-electron chi connectivity index (χ1n) is 5.98. The summed E-state index contributed by atoms with van der Waals surface area (Å²) in [5.74, 6) is -1.33. The van der Waals surface area contributed by atoms with E-state index in [2.05, 4.69) is 26.2 Å². The van der Waals surface area contributed by atoms with Gasteiger partial charge in [-0.3, -0.25) is 19.2 Å². The van der Waals surface area contributed by atoms with Crippen LogP contribution in [-0.4, -0.2) is 56.7 Å². The molecule has 2 heterocycles. The molecule has 0 spiro atoms.